The topological polar surface area (TPSA) is 19.4 Å². The van der Waals surface area contributed by atoms with Crippen LogP contribution < -0.4 is 4.90 Å². The van der Waals surface area contributed by atoms with Gasteiger partial charge in [-0.25, -0.2) is 4.98 Å². The normalized spacial score (nSPS) is 18.5. The minimum atomic E-state index is -4.33. The molecule has 0 spiro atoms. The summed E-state index contributed by atoms with van der Waals surface area (Å²) < 4.78 is 39.5. The number of anilines is 1. The van der Waals surface area contributed by atoms with Crippen molar-refractivity contribution >= 4 is 26.7 Å². The average Bonchev–Trinajstić information content (AvgIpc) is 3.10. The summed E-state index contributed by atoms with van der Waals surface area (Å²) in [6.07, 6.45) is -3.29. The first-order valence-electron chi connectivity index (χ1n) is 9.88. The van der Waals surface area contributed by atoms with Crippen molar-refractivity contribution in [2.45, 2.75) is 39.0 Å². The fourth-order valence-electron chi connectivity index (χ4n) is 3.88. The monoisotopic (exact) mass is 419 g/mol. The molecule has 7 heteroatoms. The number of benzene rings is 2. The molecule has 0 unspecified atom stereocenters. The Bertz CT molecular complexity index is 998. The fraction of sp³-hybridized carbons (Fsp3) is 0.409. The number of nitrogens with zero attached hydrogens (tertiary/aromatic N) is 3. The maximum atomic E-state index is 13.0. The number of aryl methyl sites for hydroxylation is 1. The highest BCUT2D eigenvalue weighted by molar-refractivity contribution is 7.22. The lowest BCUT2D eigenvalue weighted by Gasteiger charge is -2.39. The second-order valence-corrected chi connectivity index (χ2v) is 8.64. The van der Waals surface area contributed by atoms with Gasteiger partial charge in [0.05, 0.1) is 15.8 Å². The molecule has 0 bridgehead atoms. The number of fused-ring (bicyclic) bond motifs is 1. The van der Waals surface area contributed by atoms with Gasteiger partial charge in [0.25, 0.3) is 0 Å². The van der Waals surface area contributed by atoms with Crippen LogP contribution in [0.5, 0.6) is 0 Å². The van der Waals surface area contributed by atoms with Crippen LogP contribution in [-0.2, 0) is 19.1 Å². The van der Waals surface area contributed by atoms with Crippen LogP contribution in [0.3, 0.4) is 0 Å². The molecule has 0 saturated carbocycles. The molecule has 1 aromatic heterocycles. The maximum absolute atomic E-state index is 13.0. The van der Waals surface area contributed by atoms with Crippen molar-refractivity contribution in [3.63, 3.8) is 0 Å². The molecule has 0 aliphatic carbocycles. The zero-order valence-corrected chi connectivity index (χ0v) is 17.4. The largest absolute Gasteiger partial charge is 0.416 e. The second-order valence-electron chi connectivity index (χ2n) is 7.63. The van der Waals surface area contributed by atoms with Crippen molar-refractivity contribution in [2.75, 3.05) is 24.5 Å². The van der Waals surface area contributed by atoms with E-state index in [4.69, 9.17) is 0 Å². The Labute approximate surface area is 172 Å². The molecule has 3 nitrogen and oxygen atoms in total. The fourth-order valence-corrected chi connectivity index (χ4v) is 5.01. The molecule has 0 radical (unpaired) electrons. The Morgan fingerprint density at radius 2 is 1.90 bits per heavy atom. The highest BCUT2D eigenvalue weighted by atomic mass is 32.1. The Kier molecular flexibility index (Phi) is 5.53. The van der Waals surface area contributed by atoms with Gasteiger partial charge in [-0.1, -0.05) is 42.5 Å². The molecule has 2 aromatic carbocycles. The van der Waals surface area contributed by atoms with Gasteiger partial charge in [0.1, 0.15) is 0 Å². The molecule has 2 heterocycles. The van der Waals surface area contributed by atoms with Gasteiger partial charge in [-0.15, -0.1) is 0 Å². The van der Waals surface area contributed by atoms with Gasteiger partial charge in [0.2, 0.25) is 0 Å². The Hall–Kier alpha value is -2.12. The number of rotatable bonds is 4. The SMILES string of the molecule is CCc1cccc(CN2CCN(c3nc4ccc(C(F)(F)F)cc4s3)[C@H](C)C2)c1. The van der Waals surface area contributed by atoms with Crippen molar-refractivity contribution in [1.29, 1.82) is 0 Å². The third-order valence-corrected chi connectivity index (χ3v) is 6.52. The highest BCUT2D eigenvalue weighted by Crippen LogP contribution is 2.36. The molecule has 154 valence electrons. The Morgan fingerprint density at radius 3 is 2.62 bits per heavy atom. The van der Waals surface area contributed by atoms with E-state index in [9.17, 15) is 13.2 Å². The van der Waals surface area contributed by atoms with Gasteiger partial charge in [-0.2, -0.15) is 13.2 Å². The predicted octanol–water partition coefficient (Wildman–Crippen LogP) is 5.59. The standard InChI is InChI=1S/C22H24F3N3S/c1-3-16-5-4-6-17(11-16)14-27-9-10-28(15(2)13-27)21-26-19-8-7-18(22(23,24)25)12-20(19)29-21/h4-8,11-12,15H,3,9-10,13-14H2,1-2H3/t15-/m1/s1. The highest BCUT2D eigenvalue weighted by Gasteiger charge is 2.31. The molecule has 1 aliphatic rings. The summed E-state index contributed by atoms with van der Waals surface area (Å²) in [6.45, 7) is 7.86. The molecule has 1 saturated heterocycles. The van der Waals surface area contributed by atoms with Crippen LogP contribution in [0.2, 0.25) is 0 Å². The molecule has 4 rings (SSSR count). The summed E-state index contributed by atoms with van der Waals surface area (Å²) in [7, 11) is 0. The van der Waals surface area contributed by atoms with Crippen molar-refractivity contribution in [2.24, 2.45) is 0 Å². The van der Waals surface area contributed by atoms with Gasteiger partial charge < -0.3 is 4.90 Å². The lowest BCUT2D eigenvalue weighted by molar-refractivity contribution is -0.137. The smallest absolute Gasteiger partial charge is 0.343 e. The lowest BCUT2D eigenvalue weighted by atomic mass is 10.1. The molecule has 1 fully saturated rings. The van der Waals surface area contributed by atoms with E-state index in [0.717, 1.165) is 43.8 Å². The number of halogens is 3. The van der Waals surface area contributed by atoms with Crippen molar-refractivity contribution in [3.05, 3.63) is 59.2 Å². The van der Waals surface area contributed by atoms with Crippen LogP contribution in [0, 0.1) is 0 Å². The van der Waals surface area contributed by atoms with Gasteiger partial charge in [-0.05, 0) is 42.7 Å². The molecule has 0 amide bonds. The Balaban J connectivity index is 1.47. The summed E-state index contributed by atoms with van der Waals surface area (Å²) in [4.78, 5) is 9.25. The van der Waals surface area contributed by atoms with Crippen LogP contribution >= 0.6 is 11.3 Å². The minimum Gasteiger partial charge on any atom is -0.343 e. The number of hydrogen-bond donors (Lipinski definition) is 0. The summed E-state index contributed by atoms with van der Waals surface area (Å²) in [5.41, 5.74) is 2.68. The van der Waals surface area contributed by atoms with E-state index in [2.05, 4.69) is 52.9 Å². The van der Waals surface area contributed by atoms with Crippen molar-refractivity contribution < 1.29 is 13.2 Å². The number of piperazine rings is 1. The first-order valence-corrected chi connectivity index (χ1v) is 10.7. The van der Waals surface area contributed by atoms with Gasteiger partial charge >= 0.3 is 6.18 Å². The van der Waals surface area contributed by atoms with E-state index < -0.39 is 11.7 Å². The molecule has 29 heavy (non-hydrogen) atoms. The maximum Gasteiger partial charge on any atom is 0.416 e. The lowest BCUT2D eigenvalue weighted by Crippen LogP contribution is -2.51. The van der Waals surface area contributed by atoms with Gasteiger partial charge in [-0.3, -0.25) is 4.90 Å². The van der Waals surface area contributed by atoms with E-state index in [1.54, 1.807) is 0 Å². The van der Waals surface area contributed by atoms with Crippen LogP contribution in [0.1, 0.15) is 30.5 Å². The predicted molar refractivity (Wildman–Crippen MR) is 113 cm³/mol. The number of hydrogen-bond acceptors (Lipinski definition) is 4. The summed E-state index contributed by atoms with van der Waals surface area (Å²) in [5.74, 6) is 0. The van der Waals surface area contributed by atoms with Crippen molar-refractivity contribution in [1.82, 2.24) is 9.88 Å². The van der Waals surface area contributed by atoms with Crippen LogP contribution in [0.25, 0.3) is 10.2 Å². The number of aromatic nitrogens is 1. The number of thiazole rings is 1. The van der Waals surface area contributed by atoms with Gasteiger partial charge in [0.15, 0.2) is 5.13 Å². The quantitative estimate of drug-likeness (QED) is 0.550. The average molecular weight is 420 g/mol. The molecule has 1 atom stereocenters. The third kappa shape index (κ3) is 4.41. The van der Waals surface area contributed by atoms with E-state index in [-0.39, 0.29) is 6.04 Å². The number of alkyl halides is 3. The Morgan fingerprint density at radius 1 is 1.10 bits per heavy atom. The zero-order chi connectivity index (χ0) is 20.6. The van der Waals surface area contributed by atoms with E-state index >= 15 is 0 Å². The first-order chi connectivity index (χ1) is 13.8. The van der Waals surface area contributed by atoms with E-state index in [1.165, 1.54) is 34.6 Å². The summed E-state index contributed by atoms with van der Waals surface area (Å²) >= 11 is 1.34. The summed E-state index contributed by atoms with van der Waals surface area (Å²) in [5, 5.41) is 0.805. The molecule has 1 aliphatic heterocycles. The van der Waals surface area contributed by atoms with Crippen LogP contribution in [-0.4, -0.2) is 35.6 Å². The van der Waals surface area contributed by atoms with E-state index in [0.29, 0.717) is 10.2 Å². The molecule has 0 N–H and O–H groups in total. The molecule has 3 aromatic rings. The van der Waals surface area contributed by atoms with Gasteiger partial charge in [0, 0.05) is 32.2 Å². The van der Waals surface area contributed by atoms with Crippen molar-refractivity contribution in [3.8, 4) is 0 Å². The molecular weight excluding hydrogens is 395 g/mol. The van der Waals surface area contributed by atoms with Crippen LogP contribution in [0.15, 0.2) is 42.5 Å². The zero-order valence-electron chi connectivity index (χ0n) is 16.5. The minimum absolute atomic E-state index is 0.251. The second kappa shape index (κ2) is 7.95. The molecular formula is C22H24F3N3S. The third-order valence-electron chi connectivity index (χ3n) is 5.47. The van der Waals surface area contributed by atoms with Crippen LogP contribution in [0.4, 0.5) is 18.3 Å². The summed E-state index contributed by atoms with van der Waals surface area (Å²) in [6, 6.07) is 12.7. The van der Waals surface area contributed by atoms with E-state index in [1.807, 2.05) is 0 Å². The first kappa shape index (κ1) is 20.2.